The number of hydrogen-bond donors (Lipinski definition) is 1. The first-order valence-corrected chi connectivity index (χ1v) is 5.34. The molecule has 0 amide bonds. The van der Waals surface area contributed by atoms with Crippen LogP contribution in [0, 0.1) is 11.8 Å². The summed E-state index contributed by atoms with van der Waals surface area (Å²) in [6, 6.07) is 0. The summed E-state index contributed by atoms with van der Waals surface area (Å²) in [5.41, 5.74) is 0. The summed E-state index contributed by atoms with van der Waals surface area (Å²) < 4.78 is 0. The van der Waals surface area contributed by atoms with Gasteiger partial charge in [-0.3, -0.25) is 0 Å². The second kappa shape index (κ2) is 6.39. The van der Waals surface area contributed by atoms with E-state index in [4.69, 9.17) is 0 Å². The molecule has 80 valence electrons. The number of aliphatic hydroxyl groups excluding tert-OH is 1. The highest BCUT2D eigenvalue weighted by atomic mass is 16.3. The second-order valence-corrected chi connectivity index (χ2v) is 4.57. The fourth-order valence-corrected chi connectivity index (χ4v) is 1.47. The zero-order valence-electron chi connectivity index (χ0n) is 9.75. The molecule has 0 aliphatic rings. The highest BCUT2D eigenvalue weighted by molar-refractivity contribution is 4.67. The predicted molar refractivity (Wildman–Crippen MR) is 57.8 cm³/mol. The highest BCUT2D eigenvalue weighted by Gasteiger charge is 2.14. The lowest BCUT2D eigenvalue weighted by atomic mass is 10.0. The molecule has 0 aliphatic carbocycles. The summed E-state index contributed by atoms with van der Waals surface area (Å²) >= 11 is 0. The maximum Gasteiger partial charge on any atom is 0.0692 e. The Morgan fingerprint density at radius 2 is 1.69 bits per heavy atom. The van der Waals surface area contributed by atoms with E-state index in [-0.39, 0.29) is 6.10 Å². The number of rotatable bonds is 6. The molecule has 0 saturated heterocycles. The number of aliphatic hydroxyl groups is 1. The third-order valence-corrected chi connectivity index (χ3v) is 2.48. The Bertz CT molecular complexity index is 125. The fourth-order valence-electron chi connectivity index (χ4n) is 1.47. The van der Waals surface area contributed by atoms with Gasteiger partial charge in [0.05, 0.1) is 6.10 Å². The first-order valence-electron chi connectivity index (χ1n) is 5.34. The molecule has 0 fully saturated rings. The molecule has 0 aromatic heterocycles. The van der Waals surface area contributed by atoms with Gasteiger partial charge in [-0.1, -0.05) is 34.1 Å². The lowest BCUT2D eigenvalue weighted by Crippen LogP contribution is -2.35. The zero-order chi connectivity index (χ0) is 10.4. The zero-order valence-corrected chi connectivity index (χ0v) is 9.75. The summed E-state index contributed by atoms with van der Waals surface area (Å²) in [6.45, 7) is 10.5. The van der Waals surface area contributed by atoms with E-state index < -0.39 is 0 Å². The van der Waals surface area contributed by atoms with E-state index in [1.807, 2.05) is 0 Å². The lowest BCUT2D eigenvalue weighted by Gasteiger charge is -2.25. The summed E-state index contributed by atoms with van der Waals surface area (Å²) in [5.74, 6) is 1.09. The van der Waals surface area contributed by atoms with E-state index >= 15 is 0 Å². The molecule has 2 atom stereocenters. The molecule has 0 bridgehead atoms. The van der Waals surface area contributed by atoms with Crippen molar-refractivity contribution in [3.8, 4) is 0 Å². The van der Waals surface area contributed by atoms with Crippen LogP contribution in [0.2, 0.25) is 0 Å². The molecule has 0 aromatic carbocycles. The molecule has 0 rings (SSSR count). The van der Waals surface area contributed by atoms with Crippen LogP contribution in [0.15, 0.2) is 0 Å². The second-order valence-electron chi connectivity index (χ2n) is 4.57. The van der Waals surface area contributed by atoms with Crippen molar-refractivity contribution in [3.63, 3.8) is 0 Å². The largest absolute Gasteiger partial charge is 0.392 e. The van der Waals surface area contributed by atoms with Crippen molar-refractivity contribution < 1.29 is 5.11 Å². The molecule has 2 unspecified atom stereocenters. The van der Waals surface area contributed by atoms with Crippen LogP contribution in [0.5, 0.6) is 0 Å². The van der Waals surface area contributed by atoms with Gasteiger partial charge in [0.2, 0.25) is 0 Å². The molecule has 2 nitrogen and oxygen atoms in total. The molecule has 0 radical (unpaired) electrons. The third-order valence-electron chi connectivity index (χ3n) is 2.48. The molecule has 0 spiro atoms. The third kappa shape index (κ3) is 6.05. The molecule has 0 heterocycles. The van der Waals surface area contributed by atoms with Gasteiger partial charge < -0.3 is 10.0 Å². The van der Waals surface area contributed by atoms with Gasteiger partial charge in [-0.15, -0.1) is 0 Å². The molecule has 0 aliphatic heterocycles. The maximum atomic E-state index is 9.76. The van der Waals surface area contributed by atoms with Crippen molar-refractivity contribution in [2.24, 2.45) is 11.8 Å². The Morgan fingerprint density at radius 1 is 1.15 bits per heavy atom. The Morgan fingerprint density at radius 3 is 2.08 bits per heavy atom. The molecule has 0 aromatic rings. The van der Waals surface area contributed by atoms with Gasteiger partial charge in [0.1, 0.15) is 0 Å². The van der Waals surface area contributed by atoms with Crippen LogP contribution in [0.4, 0.5) is 0 Å². The molecular formula is C11H25NO. The van der Waals surface area contributed by atoms with Gasteiger partial charge in [0, 0.05) is 13.1 Å². The summed E-state index contributed by atoms with van der Waals surface area (Å²) in [4.78, 5) is 2.21. The van der Waals surface area contributed by atoms with E-state index in [1.165, 1.54) is 0 Å². The van der Waals surface area contributed by atoms with E-state index in [1.54, 1.807) is 0 Å². The minimum atomic E-state index is -0.172. The first-order chi connectivity index (χ1) is 5.97. The first kappa shape index (κ1) is 12.9. The van der Waals surface area contributed by atoms with Crippen molar-refractivity contribution in [1.29, 1.82) is 0 Å². The van der Waals surface area contributed by atoms with Crippen LogP contribution in [0.3, 0.4) is 0 Å². The van der Waals surface area contributed by atoms with Crippen molar-refractivity contribution in [2.75, 3.05) is 20.1 Å². The number of nitrogens with zero attached hydrogens (tertiary/aromatic N) is 1. The van der Waals surface area contributed by atoms with Crippen LogP contribution >= 0.6 is 0 Å². The molecule has 13 heavy (non-hydrogen) atoms. The molecular weight excluding hydrogens is 162 g/mol. The van der Waals surface area contributed by atoms with Gasteiger partial charge in [-0.2, -0.15) is 0 Å². The molecule has 0 saturated carbocycles. The minimum absolute atomic E-state index is 0.172. The Kier molecular flexibility index (Phi) is 6.35. The maximum absolute atomic E-state index is 9.76. The summed E-state index contributed by atoms with van der Waals surface area (Å²) in [6.07, 6.45) is 0.880. The van der Waals surface area contributed by atoms with Gasteiger partial charge in [0.25, 0.3) is 0 Å². The topological polar surface area (TPSA) is 23.5 Å². The quantitative estimate of drug-likeness (QED) is 0.687. The SMILES string of the molecule is CCC(C)C(O)CN(C)CC(C)C. The number of likely N-dealkylation sites (N-methyl/N-ethyl adjacent to an activating group) is 1. The van der Waals surface area contributed by atoms with Crippen LogP contribution in [-0.4, -0.2) is 36.2 Å². The van der Waals surface area contributed by atoms with E-state index in [2.05, 4.69) is 39.6 Å². The Balaban J connectivity index is 3.70. The monoisotopic (exact) mass is 187 g/mol. The van der Waals surface area contributed by atoms with E-state index in [0.29, 0.717) is 11.8 Å². The minimum Gasteiger partial charge on any atom is -0.392 e. The lowest BCUT2D eigenvalue weighted by molar-refractivity contribution is 0.0741. The Labute approximate surface area is 82.9 Å². The number of hydrogen-bond acceptors (Lipinski definition) is 2. The average Bonchev–Trinajstić information content (AvgIpc) is 2.01. The summed E-state index contributed by atoms with van der Waals surface area (Å²) in [7, 11) is 2.08. The predicted octanol–water partition coefficient (Wildman–Crippen LogP) is 1.98. The van der Waals surface area contributed by atoms with E-state index in [9.17, 15) is 5.11 Å². The van der Waals surface area contributed by atoms with Gasteiger partial charge in [0.15, 0.2) is 0 Å². The highest BCUT2D eigenvalue weighted by Crippen LogP contribution is 2.08. The molecule has 1 N–H and O–H groups in total. The van der Waals surface area contributed by atoms with Gasteiger partial charge in [-0.25, -0.2) is 0 Å². The Hall–Kier alpha value is -0.0800. The van der Waals surface area contributed by atoms with Gasteiger partial charge in [-0.05, 0) is 18.9 Å². The standard InChI is InChI=1S/C11H25NO/c1-6-10(4)11(13)8-12(5)7-9(2)3/h9-11,13H,6-8H2,1-5H3. The van der Waals surface area contributed by atoms with Crippen molar-refractivity contribution in [2.45, 2.75) is 40.2 Å². The van der Waals surface area contributed by atoms with Crippen LogP contribution in [-0.2, 0) is 0 Å². The van der Waals surface area contributed by atoms with Crippen LogP contribution < -0.4 is 0 Å². The normalized spacial score (nSPS) is 16.6. The molecule has 2 heteroatoms. The average molecular weight is 187 g/mol. The summed E-state index contributed by atoms with van der Waals surface area (Å²) in [5, 5.41) is 9.76. The van der Waals surface area contributed by atoms with Crippen molar-refractivity contribution >= 4 is 0 Å². The van der Waals surface area contributed by atoms with Crippen molar-refractivity contribution in [1.82, 2.24) is 4.90 Å². The van der Waals surface area contributed by atoms with Crippen LogP contribution in [0.25, 0.3) is 0 Å². The fraction of sp³-hybridized carbons (Fsp3) is 1.00. The smallest absolute Gasteiger partial charge is 0.0692 e. The van der Waals surface area contributed by atoms with Crippen molar-refractivity contribution in [3.05, 3.63) is 0 Å². The van der Waals surface area contributed by atoms with Crippen LogP contribution in [0.1, 0.15) is 34.1 Å². The van der Waals surface area contributed by atoms with Gasteiger partial charge >= 0.3 is 0 Å². The van der Waals surface area contributed by atoms with E-state index in [0.717, 1.165) is 19.5 Å².